The Bertz CT molecular complexity index is 899. The Balaban J connectivity index is 1.62. The largest absolute Gasteiger partial charge is 0.368 e. The number of alkyl halides is 1. The number of fused-ring (bicyclic) bond motifs is 1. The van der Waals surface area contributed by atoms with E-state index in [9.17, 15) is 9.59 Å². The second kappa shape index (κ2) is 8.05. The molecular weight excluding hydrogens is 382 g/mol. The van der Waals surface area contributed by atoms with Gasteiger partial charge in [-0.2, -0.15) is 5.10 Å². The van der Waals surface area contributed by atoms with Gasteiger partial charge < -0.3 is 14.5 Å². The van der Waals surface area contributed by atoms with E-state index in [2.05, 4.69) is 10.1 Å². The van der Waals surface area contributed by atoms with Gasteiger partial charge in [-0.05, 0) is 19.4 Å². The number of carbonyl (C=O) groups is 2. The molecule has 2 aliphatic rings. The van der Waals surface area contributed by atoms with Crippen molar-refractivity contribution in [2.75, 3.05) is 32.1 Å². The second-order valence-corrected chi connectivity index (χ2v) is 7.60. The molecule has 4 heterocycles. The maximum atomic E-state index is 12.2. The maximum absolute atomic E-state index is 12.2. The molecule has 0 aromatic carbocycles. The molecule has 0 bridgehead atoms. The van der Waals surface area contributed by atoms with Gasteiger partial charge in [0.05, 0.1) is 31.1 Å². The van der Waals surface area contributed by atoms with Crippen molar-refractivity contribution in [3.63, 3.8) is 0 Å². The standard InChI is InChI=1S/C19H24ClN5O3/c1-13-14(11-23-8-2-3-17(23)26)19-21-7-5-15(25(19)22-13)16-12-24(9-10-28-16)18(27)4-6-20/h5,7,16H,2-4,6,8-12H2,1H3. The smallest absolute Gasteiger partial charge is 0.223 e. The number of ether oxygens (including phenoxy) is 1. The number of morpholine rings is 1. The van der Waals surface area contributed by atoms with Crippen LogP contribution in [0.5, 0.6) is 0 Å². The Morgan fingerprint density at radius 3 is 3.00 bits per heavy atom. The highest BCUT2D eigenvalue weighted by Crippen LogP contribution is 2.26. The normalized spacial score (nSPS) is 20.4. The first kappa shape index (κ1) is 19.1. The van der Waals surface area contributed by atoms with Crippen LogP contribution >= 0.6 is 11.6 Å². The lowest BCUT2D eigenvalue weighted by molar-refractivity contribution is -0.138. The van der Waals surface area contributed by atoms with Gasteiger partial charge in [-0.3, -0.25) is 9.59 Å². The number of aryl methyl sites for hydroxylation is 1. The molecule has 2 amide bonds. The van der Waals surface area contributed by atoms with Gasteiger partial charge in [0.15, 0.2) is 5.65 Å². The molecule has 150 valence electrons. The quantitative estimate of drug-likeness (QED) is 0.707. The SMILES string of the molecule is Cc1nn2c(C3CN(C(=O)CCCl)CCO3)ccnc2c1CN1CCCC1=O. The molecule has 2 fully saturated rings. The van der Waals surface area contributed by atoms with Gasteiger partial charge in [0.2, 0.25) is 11.8 Å². The Labute approximate surface area is 168 Å². The minimum atomic E-state index is -0.279. The van der Waals surface area contributed by atoms with Gasteiger partial charge in [0.25, 0.3) is 0 Å². The van der Waals surface area contributed by atoms with Gasteiger partial charge in [0, 0.05) is 43.6 Å². The van der Waals surface area contributed by atoms with E-state index in [1.165, 1.54) is 0 Å². The molecule has 2 aromatic heterocycles. The monoisotopic (exact) mass is 405 g/mol. The molecule has 0 spiro atoms. The number of amides is 2. The maximum Gasteiger partial charge on any atom is 0.223 e. The third kappa shape index (κ3) is 3.58. The van der Waals surface area contributed by atoms with Crippen LogP contribution in [0.4, 0.5) is 0 Å². The van der Waals surface area contributed by atoms with Crippen LogP contribution in [0.2, 0.25) is 0 Å². The number of carbonyl (C=O) groups excluding carboxylic acids is 2. The van der Waals surface area contributed by atoms with Crippen LogP contribution < -0.4 is 0 Å². The van der Waals surface area contributed by atoms with E-state index >= 15 is 0 Å². The van der Waals surface area contributed by atoms with Gasteiger partial charge >= 0.3 is 0 Å². The summed E-state index contributed by atoms with van der Waals surface area (Å²) in [4.78, 5) is 32.4. The van der Waals surface area contributed by atoms with Crippen molar-refractivity contribution < 1.29 is 14.3 Å². The number of likely N-dealkylation sites (tertiary alicyclic amines) is 1. The zero-order valence-electron chi connectivity index (χ0n) is 15.9. The molecule has 0 N–H and O–H groups in total. The molecule has 2 aromatic rings. The predicted molar refractivity (Wildman–Crippen MR) is 103 cm³/mol. The van der Waals surface area contributed by atoms with Crippen LogP contribution in [0, 0.1) is 6.92 Å². The Morgan fingerprint density at radius 1 is 1.39 bits per heavy atom. The van der Waals surface area contributed by atoms with E-state index in [4.69, 9.17) is 16.3 Å². The lowest BCUT2D eigenvalue weighted by atomic mass is 10.2. The summed E-state index contributed by atoms with van der Waals surface area (Å²) in [5, 5.41) is 4.67. The first-order valence-corrected chi connectivity index (χ1v) is 10.2. The van der Waals surface area contributed by atoms with Crippen molar-refractivity contribution in [3.8, 4) is 0 Å². The molecule has 0 saturated carbocycles. The zero-order valence-corrected chi connectivity index (χ0v) is 16.7. The van der Waals surface area contributed by atoms with Gasteiger partial charge in [-0.15, -0.1) is 11.6 Å². The molecule has 28 heavy (non-hydrogen) atoms. The average Bonchev–Trinajstić information content (AvgIpc) is 3.25. The van der Waals surface area contributed by atoms with Crippen LogP contribution in [-0.2, 0) is 20.9 Å². The molecule has 0 radical (unpaired) electrons. The summed E-state index contributed by atoms with van der Waals surface area (Å²) < 4.78 is 7.75. The molecular formula is C19H24ClN5O3. The lowest BCUT2D eigenvalue weighted by Gasteiger charge is -2.33. The van der Waals surface area contributed by atoms with E-state index < -0.39 is 0 Å². The molecule has 1 atom stereocenters. The number of hydrogen-bond acceptors (Lipinski definition) is 5. The number of nitrogens with zero attached hydrogens (tertiary/aromatic N) is 5. The molecule has 2 saturated heterocycles. The number of halogens is 1. The van der Waals surface area contributed by atoms with E-state index in [-0.39, 0.29) is 17.9 Å². The van der Waals surface area contributed by atoms with Gasteiger partial charge in [-0.1, -0.05) is 0 Å². The molecule has 0 aliphatic carbocycles. The Kier molecular flexibility index (Phi) is 5.50. The molecule has 8 nitrogen and oxygen atoms in total. The van der Waals surface area contributed by atoms with Crippen molar-refractivity contribution in [2.45, 2.75) is 38.8 Å². The Morgan fingerprint density at radius 2 is 2.25 bits per heavy atom. The molecule has 4 rings (SSSR count). The summed E-state index contributed by atoms with van der Waals surface area (Å²) in [6.45, 7) is 4.74. The van der Waals surface area contributed by atoms with E-state index in [1.54, 1.807) is 15.6 Å². The van der Waals surface area contributed by atoms with E-state index in [0.717, 1.165) is 35.6 Å². The van der Waals surface area contributed by atoms with Crippen LogP contribution in [0.3, 0.4) is 0 Å². The Hall–Kier alpha value is -2.19. The summed E-state index contributed by atoms with van der Waals surface area (Å²) in [6, 6.07) is 1.88. The topological polar surface area (TPSA) is 80.0 Å². The minimum Gasteiger partial charge on any atom is -0.368 e. The summed E-state index contributed by atoms with van der Waals surface area (Å²) in [5.41, 5.74) is 3.41. The second-order valence-electron chi connectivity index (χ2n) is 7.23. The lowest BCUT2D eigenvalue weighted by Crippen LogP contribution is -2.42. The summed E-state index contributed by atoms with van der Waals surface area (Å²) >= 11 is 5.72. The number of rotatable bonds is 5. The van der Waals surface area contributed by atoms with Crippen molar-refractivity contribution in [3.05, 3.63) is 29.2 Å². The van der Waals surface area contributed by atoms with Crippen molar-refractivity contribution in [1.82, 2.24) is 24.4 Å². The van der Waals surface area contributed by atoms with Crippen LogP contribution in [0.25, 0.3) is 5.65 Å². The third-order valence-corrected chi connectivity index (χ3v) is 5.61. The van der Waals surface area contributed by atoms with Crippen molar-refractivity contribution >= 4 is 29.1 Å². The first-order valence-electron chi connectivity index (χ1n) is 9.64. The van der Waals surface area contributed by atoms with E-state index in [0.29, 0.717) is 45.0 Å². The summed E-state index contributed by atoms with van der Waals surface area (Å²) in [6.07, 6.45) is 3.30. The fourth-order valence-electron chi connectivity index (χ4n) is 3.90. The van der Waals surface area contributed by atoms with Crippen LogP contribution in [0.1, 0.15) is 42.3 Å². The highest BCUT2D eigenvalue weighted by Gasteiger charge is 2.29. The fraction of sp³-hybridized carbons (Fsp3) is 0.579. The predicted octanol–water partition coefficient (Wildman–Crippen LogP) is 1.69. The zero-order chi connectivity index (χ0) is 19.7. The number of aromatic nitrogens is 3. The van der Waals surface area contributed by atoms with Crippen LogP contribution in [-0.4, -0.2) is 68.3 Å². The molecule has 2 aliphatic heterocycles. The first-order chi connectivity index (χ1) is 13.6. The van der Waals surface area contributed by atoms with Gasteiger partial charge in [0.1, 0.15) is 6.10 Å². The van der Waals surface area contributed by atoms with Crippen LogP contribution in [0.15, 0.2) is 12.3 Å². The highest BCUT2D eigenvalue weighted by molar-refractivity contribution is 6.18. The fourth-order valence-corrected chi connectivity index (χ4v) is 4.06. The van der Waals surface area contributed by atoms with Crippen molar-refractivity contribution in [2.24, 2.45) is 0 Å². The minimum absolute atomic E-state index is 0.0403. The van der Waals surface area contributed by atoms with E-state index in [1.807, 2.05) is 17.9 Å². The van der Waals surface area contributed by atoms with Crippen molar-refractivity contribution in [1.29, 1.82) is 0 Å². The average molecular weight is 406 g/mol. The third-order valence-electron chi connectivity index (χ3n) is 5.42. The van der Waals surface area contributed by atoms with Gasteiger partial charge in [-0.25, -0.2) is 9.50 Å². The number of hydrogen-bond donors (Lipinski definition) is 0. The summed E-state index contributed by atoms with van der Waals surface area (Å²) in [5.74, 6) is 0.537. The molecule has 1 unspecified atom stereocenters. The summed E-state index contributed by atoms with van der Waals surface area (Å²) in [7, 11) is 0. The highest BCUT2D eigenvalue weighted by atomic mass is 35.5. The molecule has 9 heteroatoms.